The lowest BCUT2D eigenvalue weighted by atomic mass is 10.1. The Labute approximate surface area is 101 Å². The molecule has 0 atom stereocenters. The van der Waals surface area contributed by atoms with Crippen LogP contribution in [0.25, 0.3) is 0 Å². The molecule has 2 rings (SSSR count). The van der Waals surface area contributed by atoms with E-state index in [1.807, 2.05) is 32.0 Å². The molecule has 1 amide bonds. The van der Waals surface area contributed by atoms with Crippen LogP contribution in [0.4, 0.5) is 5.69 Å². The number of hydrogen-bond acceptors (Lipinski definition) is 3. The molecule has 0 aliphatic carbocycles. The summed E-state index contributed by atoms with van der Waals surface area (Å²) in [6.07, 6.45) is 1.03. The van der Waals surface area contributed by atoms with Crippen LogP contribution < -0.4 is 10.8 Å². The second-order valence-electron chi connectivity index (χ2n) is 4.68. The van der Waals surface area contributed by atoms with Gasteiger partial charge in [-0.15, -0.1) is 0 Å². The second kappa shape index (κ2) is 5.19. The molecule has 1 aromatic rings. The fourth-order valence-electron chi connectivity index (χ4n) is 1.76. The summed E-state index contributed by atoms with van der Waals surface area (Å²) in [5, 5.41) is 3.25. The molecule has 0 bridgehead atoms. The van der Waals surface area contributed by atoms with Crippen molar-refractivity contribution in [2.24, 2.45) is 5.92 Å². The molecule has 0 fully saturated rings. The number of hydroxylamine groups is 1. The van der Waals surface area contributed by atoms with Crippen molar-refractivity contribution >= 4 is 11.6 Å². The van der Waals surface area contributed by atoms with Crippen LogP contribution in [-0.4, -0.2) is 19.1 Å². The molecule has 1 aliphatic heterocycles. The fraction of sp³-hybridized carbons (Fsp3) is 0.462. The Morgan fingerprint density at radius 3 is 3.12 bits per heavy atom. The standard InChI is InChI=1S/C13H18N2O2/c1-9(2)8-17-15-13(16)11-4-3-10-5-6-14-12(10)7-11/h3-4,7,9,14H,5-6,8H2,1-2H3,(H,15,16). The van der Waals surface area contributed by atoms with Gasteiger partial charge in [0.25, 0.3) is 5.91 Å². The Hall–Kier alpha value is -1.55. The minimum atomic E-state index is -0.192. The number of nitrogens with one attached hydrogen (secondary N) is 2. The fourth-order valence-corrected chi connectivity index (χ4v) is 1.76. The Bertz CT molecular complexity index is 416. The van der Waals surface area contributed by atoms with Crippen LogP contribution in [0, 0.1) is 5.92 Å². The maximum absolute atomic E-state index is 11.8. The van der Waals surface area contributed by atoms with Crippen LogP contribution >= 0.6 is 0 Å². The molecule has 0 radical (unpaired) electrons. The van der Waals surface area contributed by atoms with Crippen LogP contribution in [0.1, 0.15) is 29.8 Å². The van der Waals surface area contributed by atoms with Gasteiger partial charge in [-0.2, -0.15) is 0 Å². The first kappa shape index (κ1) is 11.9. The van der Waals surface area contributed by atoms with Gasteiger partial charge in [0, 0.05) is 17.8 Å². The molecule has 0 saturated heterocycles. The van der Waals surface area contributed by atoms with Crippen LogP contribution in [-0.2, 0) is 11.3 Å². The van der Waals surface area contributed by atoms with Crippen molar-refractivity contribution < 1.29 is 9.63 Å². The number of hydrogen-bond donors (Lipinski definition) is 2. The lowest BCUT2D eigenvalue weighted by Crippen LogP contribution is -2.25. The molecule has 4 heteroatoms. The quantitative estimate of drug-likeness (QED) is 0.783. The summed E-state index contributed by atoms with van der Waals surface area (Å²) < 4.78 is 0. The summed E-state index contributed by atoms with van der Waals surface area (Å²) >= 11 is 0. The van der Waals surface area contributed by atoms with E-state index in [9.17, 15) is 4.79 Å². The first-order valence-electron chi connectivity index (χ1n) is 5.96. The molecule has 0 saturated carbocycles. The molecular formula is C13H18N2O2. The highest BCUT2D eigenvalue weighted by Crippen LogP contribution is 2.23. The van der Waals surface area contributed by atoms with Gasteiger partial charge < -0.3 is 5.32 Å². The van der Waals surface area contributed by atoms with Crippen LogP contribution in [0.2, 0.25) is 0 Å². The molecule has 0 aromatic heterocycles. The Balaban J connectivity index is 1.95. The number of carbonyl (C=O) groups excluding carboxylic acids is 1. The Kier molecular flexibility index (Phi) is 3.64. The lowest BCUT2D eigenvalue weighted by Gasteiger charge is -2.08. The first-order valence-corrected chi connectivity index (χ1v) is 5.96. The molecule has 17 heavy (non-hydrogen) atoms. The third-order valence-corrected chi connectivity index (χ3v) is 2.66. The number of anilines is 1. The first-order chi connectivity index (χ1) is 8.16. The van der Waals surface area contributed by atoms with Gasteiger partial charge in [-0.3, -0.25) is 9.63 Å². The number of fused-ring (bicyclic) bond motifs is 1. The van der Waals surface area contributed by atoms with E-state index in [4.69, 9.17) is 4.84 Å². The molecule has 92 valence electrons. The van der Waals surface area contributed by atoms with Gasteiger partial charge >= 0.3 is 0 Å². The lowest BCUT2D eigenvalue weighted by molar-refractivity contribution is 0.0209. The third kappa shape index (κ3) is 2.97. The molecule has 4 nitrogen and oxygen atoms in total. The van der Waals surface area contributed by atoms with Crippen LogP contribution in [0.5, 0.6) is 0 Å². The summed E-state index contributed by atoms with van der Waals surface area (Å²) in [7, 11) is 0. The van der Waals surface area contributed by atoms with Gasteiger partial charge in [0.2, 0.25) is 0 Å². The van der Waals surface area contributed by atoms with Gasteiger partial charge in [-0.25, -0.2) is 5.48 Å². The van der Waals surface area contributed by atoms with Crippen molar-refractivity contribution in [2.75, 3.05) is 18.5 Å². The SMILES string of the molecule is CC(C)CONC(=O)c1ccc2c(c1)NCC2. The zero-order valence-corrected chi connectivity index (χ0v) is 10.2. The largest absolute Gasteiger partial charge is 0.384 e. The van der Waals surface area contributed by atoms with Crippen LogP contribution in [0.15, 0.2) is 18.2 Å². The number of benzene rings is 1. The highest BCUT2D eigenvalue weighted by molar-refractivity contribution is 5.94. The smallest absolute Gasteiger partial charge is 0.274 e. The van der Waals surface area contributed by atoms with Crippen molar-refractivity contribution in [1.82, 2.24) is 5.48 Å². The van der Waals surface area contributed by atoms with E-state index >= 15 is 0 Å². The van der Waals surface area contributed by atoms with Gasteiger partial charge in [-0.05, 0) is 30.0 Å². The summed E-state index contributed by atoms with van der Waals surface area (Å²) in [4.78, 5) is 16.9. The maximum Gasteiger partial charge on any atom is 0.274 e. The van der Waals surface area contributed by atoms with E-state index in [1.165, 1.54) is 5.56 Å². The normalized spacial score (nSPS) is 13.4. The van der Waals surface area contributed by atoms with Crippen molar-refractivity contribution in [3.63, 3.8) is 0 Å². The molecular weight excluding hydrogens is 216 g/mol. The highest BCUT2D eigenvalue weighted by Gasteiger charge is 2.13. The predicted molar refractivity (Wildman–Crippen MR) is 66.9 cm³/mol. The number of carbonyl (C=O) groups is 1. The summed E-state index contributed by atoms with van der Waals surface area (Å²) in [5.41, 5.74) is 5.41. The molecule has 1 heterocycles. The second-order valence-corrected chi connectivity index (χ2v) is 4.68. The third-order valence-electron chi connectivity index (χ3n) is 2.66. The molecule has 0 spiro atoms. The van der Waals surface area contributed by atoms with Crippen molar-refractivity contribution in [3.8, 4) is 0 Å². The molecule has 1 aliphatic rings. The highest BCUT2D eigenvalue weighted by atomic mass is 16.6. The van der Waals surface area contributed by atoms with E-state index in [1.54, 1.807) is 0 Å². The van der Waals surface area contributed by atoms with Gasteiger partial charge in [0.1, 0.15) is 0 Å². The van der Waals surface area contributed by atoms with E-state index in [0.29, 0.717) is 18.1 Å². The van der Waals surface area contributed by atoms with E-state index < -0.39 is 0 Å². The van der Waals surface area contributed by atoms with Gasteiger partial charge in [-0.1, -0.05) is 19.9 Å². The van der Waals surface area contributed by atoms with Gasteiger partial charge in [0.15, 0.2) is 0 Å². The van der Waals surface area contributed by atoms with E-state index in [0.717, 1.165) is 18.7 Å². The van der Waals surface area contributed by atoms with Crippen molar-refractivity contribution in [1.29, 1.82) is 0 Å². The Morgan fingerprint density at radius 1 is 1.53 bits per heavy atom. The zero-order chi connectivity index (χ0) is 12.3. The average molecular weight is 234 g/mol. The Morgan fingerprint density at radius 2 is 2.35 bits per heavy atom. The molecule has 0 unspecified atom stereocenters. The molecule has 2 N–H and O–H groups in total. The number of rotatable bonds is 4. The topological polar surface area (TPSA) is 50.4 Å². The maximum atomic E-state index is 11.8. The van der Waals surface area contributed by atoms with Crippen LogP contribution in [0.3, 0.4) is 0 Å². The molecule has 1 aromatic carbocycles. The summed E-state index contributed by atoms with van der Waals surface area (Å²) in [6.45, 7) is 5.54. The number of amides is 1. The summed E-state index contributed by atoms with van der Waals surface area (Å²) in [5.74, 6) is 0.208. The summed E-state index contributed by atoms with van der Waals surface area (Å²) in [6, 6.07) is 5.70. The monoisotopic (exact) mass is 234 g/mol. The van der Waals surface area contributed by atoms with E-state index in [2.05, 4.69) is 10.8 Å². The zero-order valence-electron chi connectivity index (χ0n) is 10.2. The minimum absolute atomic E-state index is 0.192. The minimum Gasteiger partial charge on any atom is -0.384 e. The van der Waals surface area contributed by atoms with Crippen molar-refractivity contribution in [2.45, 2.75) is 20.3 Å². The van der Waals surface area contributed by atoms with Gasteiger partial charge in [0.05, 0.1) is 6.61 Å². The van der Waals surface area contributed by atoms with Crippen molar-refractivity contribution in [3.05, 3.63) is 29.3 Å². The average Bonchev–Trinajstić information content (AvgIpc) is 2.75. The van der Waals surface area contributed by atoms with E-state index in [-0.39, 0.29) is 5.91 Å². The predicted octanol–water partition coefficient (Wildman–Crippen LogP) is 1.97.